The van der Waals surface area contributed by atoms with Crippen molar-refractivity contribution < 1.29 is 33.4 Å². The van der Waals surface area contributed by atoms with Crippen molar-refractivity contribution in [2.24, 2.45) is 22.7 Å². The predicted octanol–water partition coefficient (Wildman–Crippen LogP) is 7.74. The summed E-state index contributed by atoms with van der Waals surface area (Å²) >= 11 is 0. The average Bonchev–Trinajstić information content (AvgIpc) is 4.17. The summed E-state index contributed by atoms with van der Waals surface area (Å²) in [6.07, 6.45) is 5.50. The second-order valence-electron chi connectivity index (χ2n) is 18.3. The first kappa shape index (κ1) is 41.0. The highest BCUT2D eigenvalue weighted by Crippen LogP contribution is 2.51. The van der Waals surface area contributed by atoms with Gasteiger partial charge in [-0.25, -0.2) is 14.6 Å². The molecule has 1 aliphatic carbocycles. The van der Waals surface area contributed by atoms with Gasteiger partial charge in [0, 0.05) is 43.3 Å². The summed E-state index contributed by atoms with van der Waals surface area (Å²) in [5.74, 6) is 0.801. The van der Waals surface area contributed by atoms with E-state index in [1.54, 1.807) is 0 Å². The molecular formula is C49H55N7O7. The van der Waals surface area contributed by atoms with Crippen LogP contribution in [0.3, 0.4) is 0 Å². The standard InChI is InChI=1S/C49H55N7O7/c1-26(2)41(53-48(59)61-3)46(57)55-19-5-6-40(55)39-25-36-34-13-8-28(22-30(34)10-15-37(36)50-39)29-9-14-35-31(23-29)11-16-38-43(35)52-45(51-38)44-32-7-12-33(24-32)56(44)47(58)42(54-49(60)62-4)27-17-20-63-21-18-27/h8-11,13-16,22-23,26-27,32-33,40-42,44H,5-7,12,17-21,24-25H2,1-4H3,(H,51,52)(H,53,59)(H,54,60)/t32-,33+,40-,41-,42-,44-/m0/s1. The van der Waals surface area contributed by atoms with E-state index in [2.05, 4.69) is 76.3 Å². The molecule has 1 aromatic heterocycles. The molecule has 63 heavy (non-hydrogen) atoms. The lowest BCUT2D eigenvalue weighted by atomic mass is 9.89. The van der Waals surface area contributed by atoms with Gasteiger partial charge in [-0.2, -0.15) is 0 Å². The van der Waals surface area contributed by atoms with Crippen LogP contribution in [0.1, 0.15) is 76.2 Å². The number of alkyl carbamates (subject to hydrolysis) is 2. The van der Waals surface area contributed by atoms with E-state index in [9.17, 15) is 19.2 Å². The lowest BCUT2D eigenvalue weighted by Gasteiger charge is -2.39. The van der Waals surface area contributed by atoms with Crippen LogP contribution in [-0.2, 0) is 30.2 Å². The first-order valence-electron chi connectivity index (χ1n) is 22.6. The molecule has 3 N–H and O–H groups in total. The Morgan fingerprint density at radius 2 is 1.54 bits per heavy atom. The fraction of sp³-hybridized carbons (Fsp3) is 0.469. The number of fused-ring (bicyclic) bond motifs is 8. The topological polar surface area (TPSA) is 168 Å². The van der Waals surface area contributed by atoms with Crippen LogP contribution in [-0.4, -0.2) is 108 Å². The van der Waals surface area contributed by atoms with Crippen LogP contribution in [0.4, 0.5) is 15.3 Å². The van der Waals surface area contributed by atoms with E-state index in [1.165, 1.54) is 19.8 Å². The number of ether oxygens (including phenoxy) is 3. The zero-order valence-corrected chi connectivity index (χ0v) is 36.3. The molecule has 5 aliphatic rings. The van der Waals surface area contributed by atoms with Crippen LogP contribution in [0.2, 0.25) is 0 Å². The summed E-state index contributed by atoms with van der Waals surface area (Å²) in [6.45, 7) is 5.61. The van der Waals surface area contributed by atoms with Gasteiger partial charge < -0.3 is 39.6 Å². The number of benzene rings is 4. The Hall–Kier alpha value is -6.02. The number of piperidine rings is 1. The zero-order chi connectivity index (χ0) is 43.5. The molecule has 0 spiro atoms. The number of hydrogen-bond acceptors (Lipinski definition) is 9. The Bertz CT molecular complexity index is 2670. The van der Waals surface area contributed by atoms with Crippen molar-refractivity contribution in [2.45, 2.75) is 95.4 Å². The zero-order valence-electron chi connectivity index (χ0n) is 36.3. The van der Waals surface area contributed by atoms with Crippen molar-refractivity contribution in [1.82, 2.24) is 30.4 Å². The van der Waals surface area contributed by atoms with Crippen molar-refractivity contribution in [3.05, 3.63) is 72.1 Å². The molecule has 4 fully saturated rings. The molecule has 5 heterocycles. The summed E-state index contributed by atoms with van der Waals surface area (Å²) in [6, 6.07) is 20.0. The highest BCUT2D eigenvalue weighted by molar-refractivity contribution is 6.07. The second-order valence-corrected chi connectivity index (χ2v) is 18.3. The molecule has 4 aromatic carbocycles. The van der Waals surface area contributed by atoms with Crippen LogP contribution < -0.4 is 10.6 Å². The van der Waals surface area contributed by atoms with Crippen LogP contribution in [0.25, 0.3) is 43.7 Å². The molecule has 0 unspecified atom stereocenters. The summed E-state index contributed by atoms with van der Waals surface area (Å²) in [5.41, 5.74) is 7.12. The van der Waals surface area contributed by atoms with Gasteiger partial charge in [-0.1, -0.05) is 50.2 Å². The molecule has 14 heteroatoms. The minimum Gasteiger partial charge on any atom is -0.453 e. The van der Waals surface area contributed by atoms with E-state index in [-0.39, 0.29) is 41.8 Å². The third-order valence-electron chi connectivity index (χ3n) is 14.4. The molecular weight excluding hydrogens is 799 g/mol. The molecule has 5 aromatic rings. The van der Waals surface area contributed by atoms with Gasteiger partial charge in [0.2, 0.25) is 11.8 Å². The molecule has 2 bridgehead atoms. The minimum atomic E-state index is -0.685. The lowest BCUT2D eigenvalue weighted by molar-refractivity contribution is -0.140. The molecule has 4 amide bonds. The molecule has 4 aliphatic heterocycles. The highest BCUT2D eigenvalue weighted by Gasteiger charge is 2.52. The summed E-state index contributed by atoms with van der Waals surface area (Å²) in [7, 11) is 2.64. The van der Waals surface area contributed by atoms with Gasteiger partial charge in [0.05, 0.1) is 43.0 Å². The summed E-state index contributed by atoms with van der Waals surface area (Å²) < 4.78 is 15.4. The van der Waals surface area contributed by atoms with Crippen molar-refractivity contribution in [3.8, 4) is 11.1 Å². The van der Waals surface area contributed by atoms with Crippen molar-refractivity contribution in [1.29, 1.82) is 0 Å². The highest BCUT2D eigenvalue weighted by atomic mass is 16.5. The summed E-state index contributed by atoms with van der Waals surface area (Å²) in [4.78, 5) is 70.8. The molecule has 6 atom stereocenters. The summed E-state index contributed by atoms with van der Waals surface area (Å²) in [5, 5.41) is 10.0. The van der Waals surface area contributed by atoms with E-state index in [0.29, 0.717) is 44.9 Å². The first-order chi connectivity index (χ1) is 30.6. The van der Waals surface area contributed by atoms with Gasteiger partial charge in [-0.15, -0.1) is 0 Å². The molecule has 10 rings (SSSR count). The van der Waals surface area contributed by atoms with E-state index < -0.39 is 24.3 Å². The number of nitrogens with one attached hydrogen (secondary N) is 3. The van der Waals surface area contributed by atoms with Crippen molar-refractivity contribution in [3.63, 3.8) is 0 Å². The number of amides is 4. The normalized spacial score (nSPS) is 23.0. The minimum absolute atomic E-state index is 0.0290. The monoisotopic (exact) mass is 853 g/mol. The largest absolute Gasteiger partial charge is 0.453 e. The fourth-order valence-electron chi connectivity index (χ4n) is 11.3. The van der Waals surface area contributed by atoms with E-state index in [4.69, 9.17) is 24.2 Å². The number of aromatic nitrogens is 2. The SMILES string of the molecule is COC(=O)N[C@H](C(=O)N1CCC[C@H]1C1=Nc2ccc3cc(-c4ccc5c(ccc6[nH]c([C@@H]7[C@H]8CC[C@H](C8)N7C(=O)[C@@H](NC(=O)OC)C7CCOCC7)nc65)c4)ccc3c2C1)C(C)C. The third kappa shape index (κ3) is 7.35. The Kier molecular flexibility index (Phi) is 10.8. The van der Waals surface area contributed by atoms with Gasteiger partial charge in [0.15, 0.2) is 0 Å². The third-order valence-corrected chi connectivity index (χ3v) is 14.4. The lowest BCUT2D eigenvalue weighted by Crippen LogP contribution is -2.55. The predicted molar refractivity (Wildman–Crippen MR) is 240 cm³/mol. The second kappa shape index (κ2) is 16.6. The number of nitrogens with zero attached hydrogens (tertiary/aromatic N) is 4. The molecule has 0 radical (unpaired) electrons. The maximum Gasteiger partial charge on any atom is 0.407 e. The number of aromatic amines is 1. The maximum absolute atomic E-state index is 14.5. The van der Waals surface area contributed by atoms with Gasteiger partial charge in [0.25, 0.3) is 0 Å². The Labute approximate surface area is 366 Å². The van der Waals surface area contributed by atoms with Gasteiger partial charge >= 0.3 is 12.2 Å². The average molecular weight is 854 g/mol. The Balaban J connectivity index is 0.891. The maximum atomic E-state index is 14.5. The van der Waals surface area contributed by atoms with Crippen LogP contribution in [0.15, 0.2) is 65.7 Å². The van der Waals surface area contributed by atoms with E-state index >= 15 is 0 Å². The van der Waals surface area contributed by atoms with E-state index in [0.717, 1.165) is 93.0 Å². The Morgan fingerprint density at radius 1 is 0.825 bits per heavy atom. The van der Waals surface area contributed by atoms with E-state index in [1.807, 2.05) is 23.6 Å². The van der Waals surface area contributed by atoms with Gasteiger partial charge in [0.1, 0.15) is 17.9 Å². The van der Waals surface area contributed by atoms with Crippen LogP contribution in [0, 0.1) is 17.8 Å². The number of likely N-dealkylation sites (tertiary alicyclic amines) is 2. The van der Waals surface area contributed by atoms with Crippen LogP contribution in [0.5, 0.6) is 0 Å². The quantitative estimate of drug-likeness (QED) is 0.135. The van der Waals surface area contributed by atoms with Crippen molar-refractivity contribution >= 4 is 68.0 Å². The molecule has 1 saturated carbocycles. The smallest absolute Gasteiger partial charge is 0.407 e. The number of rotatable bonds is 9. The van der Waals surface area contributed by atoms with Crippen molar-refractivity contribution in [2.75, 3.05) is 34.0 Å². The molecule has 14 nitrogen and oxygen atoms in total. The fourth-order valence-corrected chi connectivity index (χ4v) is 11.3. The number of carbonyl (C=O) groups is 4. The number of imidazole rings is 1. The molecule has 3 saturated heterocycles. The number of carbonyl (C=O) groups excluding carboxylic acids is 4. The van der Waals surface area contributed by atoms with Crippen LogP contribution >= 0.6 is 0 Å². The number of hydrogen-bond donors (Lipinski definition) is 3. The van der Waals surface area contributed by atoms with Gasteiger partial charge in [-0.3, -0.25) is 14.6 Å². The number of H-pyrrole nitrogens is 1. The molecule has 328 valence electrons. The first-order valence-corrected chi connectivity index (χ1v) is 22.6. The van der Waals surface area contributed by atoms with Gasteiger partial charge in [-0.05, 0) is 120 Å². The number of aliphatic imine (C=N–C) groups is 1. The Morgan fingerprint density at radius 3 is 2.29 bits per heavy atom. The number of methoxy groups -OCH3 is 2.